The van der Waals surface area contributed by atoms with Crippen molar-refractivity contribution < 1.29 is 0 Å². The van der Waals surface area contributed by atoms with Crippen molar-refractivity contribution in [1.29, 1.82) is 0 Å². The second-order valence-corrected chi connectivity index (χ2v) is 5.53. The monoisotopic (exact) mass is 241 g/mol. The van der Waals surface area contributed by atoms with E-state index >= 15 is 0 Å². The van der Waals surface area contributed by atoms with E-state index in [2.05, 4.69) is 36.1 Å². The van der Waals surface area contributed by atoms with E-state index in [4.69, 9.17) is 0 Å². The summed E-state index contributed by atoms with van der Waals surface area (Å²) in [5.41, 5.74) is 0. The van der Waals surface area contributed by atoms with Crippen molar-refractivity contribution in [2.75, 3.05) is 46.8 Å². The van der Waals surface area contributed by atoms with E-state index in [1.54, 1.807) is 0 Å². The lowest BCUT2D eigenvalue weighted by Crippen LogP contribution is -2.35. The van der Waals surface area contributed by atoms with Crippen molar-refractivity contribution in [3.8, 4) is 0 Å². The largest absolute Gasteiger partial charge is 0.315 e. The molecule has 1 fully saturated rings. The highest BCUT2D eigenvalue weighted by atomic mass is 15.2. The summed E-state index contributed by atoms with van der Waals surface area (Å²) < 4.78 is 0. The number of unbranched alkanes of at least 4 members (excludes halogenated alkanes) is 1. The van der Waals surface area contributed by atoms with Gasteiger partial charge in [-0.05, 0) is 59.4 Å². The molecule has 0 radical (unpaired) electrons. The van der Waals surface area contributed by atoms with Crippen LogP contribution in [0.1, 0.15) is 39.0 Å². The second kappa shape index (κ2) is 8.90. The Kier molecular flexibility index (Phi) is 7.82. The van der Waals surface area contributed by atoms with Crippen molar-refractivity contribution in [3.05, 3.63) is 0 Å². The fraction of sp³-hybridized carbons (Fsp3) is 1.00. The van der Waals surface area contributed by atoms with Gasteiger partial charge in [0.05, 0.1) is 0 Å². The highest BCUT2D eigenvalue weighted by molar-refractivity contribution is 4.84. The maximum absolute atomic E-state index is 3.56. The van der Waals surface area contributed by atoms with Gasteiger partial charge in [-0.15, -0.1) is 0 Å². The summed E-state index contributed by atoms with van der Waals surface area (Å²) in [6, 6.07) is 0.921. The Bertz CT molecular complexity index is 178. The topological polar surface area (TPSA) is 18.5 Å². The molecule has 0 spiro atoms. The predicted molar refractivity (Wildman–Crippen MR) is 75.5 cm³/mol. The van der Waals surface area contributed by atoms with Crippen molar-refractivity contribution >= 4 is 0 Å². The number of rotatable bonds is 11. The van der Waals surface area contributed by atoms with E-state index in [9.17, 15) is 0 Å². The summed E-state index contributed by atoms with van der Waals surface area (Å²) >= 11 is 0. The molecule has 0 atom stereocenters. The first-order chi connectivity index (χ1) is 8.24. The van der Waals surface area contributed by atoms with E-state index in [0.717, 1.165) is 19.1 Å². The van der Waals surface area contributed by atoms with Crippen LogP contribution in [-0.4, -0.2) is 62.7 Å². The molecule has 3 heteroatoms. The zero-order chi connectivity index (χ0) is 12.5. The van der Waals surface area contributed by atoms with Gasteiger partial charge in [0.15, 0.2) is 0 Å². The summed E-state index contributed by atoms with van der Waals surface area (Å²) in [7, 11) is 4.28. The normalized spacial score (nSPS) is 16.1. The molecule has 0 bridgehead atoms. The maximum Gasteiger partial charge on any atom is 0.0110 e. The SMILES string of the molecule is CCCCN(CCNCCCN(C)C)C1CC1. The minimum Gasteiger partial charge on any atom is -0.315 e. The van der Waals surface area contributed by atoms with Gasteiger partial charge in [0.25, 0.3) is 0 Å². The lowest BCUT2D eigenvalue weighted by molar-refractivity contribution is 0.258. The molecule has 0 unspecified atom stereocenters. The van der Waals surface area contributed by atoms with Gasteiger partial charge in [-0.2, -0.15) is 0 Å². The molecule has 0 amide bonds. The molecule has 1 aliphatic carbocycles. The first-order valence-corrected chi connectivity index (χ1v) is 7.33. The minimum atomic E-state index is 0.921. The van der Waals surface area contributed by atoms with Crippen molar-refractivity contribution in [3.63, 3.8) is 0 Å². The Labute approximate surface area is 108 Å². The molecule has 1 N–H and O–H groups in total. The second-order valence-electron chi connectivity index (χ2n) is 5.53. The molecule has 0 aromatic heterocycles. The molecule has 0 aromatic rings. The fourth-order valence-electron chi connectivity index (χ4n) is 2.15. The predicted octanol–water partition coefficient (Wildman–Crippen LogP) is 1.79. The van der Waals surface area contributed by atoms with Crippen molar-refractivity contribution in [2.24, 2.45) is 0 Å². The molecule has 1 aliphatic rings. The number of hydrogen-bond acceptors (Lipinski definition) is 3. The number of hydrogen-bond donors (Lipinski definition) is 1. The lowest BCUT2D eigenvalue weighted by Gasteiger charge is -2.21. The molecule has 1 saturated carbocycles. The van der Waals surface area contributed by atoms with Gasteiger partial charge in [0.2, 0.25) is 0 Å². The van der Waals surface area contributed by atoms with Crippen LogP contribution in [0.15, 0.2) is 0 Å². The molecule has 0 saturated heterocycles. The summed E-state index contributed by atoms with van der Waals surface area (Å²) in [6.07, 6.45) is 6.80. The van der Waals surface area contributed by atoms with Crippen LogP contribution in [0.5, 0.6) is 0 Å². The average molecular weight is 241 g/mol. The third-order valence-electron chi connectivity index (χ3n) is 3.40. The van der Waals surface area contributed by atoms with E-state index in [-0.39, 0.29) is 0 Å². The van der Waals surface area contributed by atoms with Gasteiger partial charge in [0.1, 0.15) is 0 Å². The molecular formula is C14H31N3. The summed E-state index contributed by atoms with van der Waals surface area (Å²) in [5.74, 6) is 0. The molecule has 0 aromatic carbocycles. The third-order valence-corrected chi connectivity index (χ3v) is 3.40. The Hall–Kier alpha value is -0.120. The standard InChI is InChI=1S/C14H31N3/c1-4-5-12-17(14-7-8-14)13-10-15-9-6-11-16(2)3/h14-15H,4-13H2,1-3H3. The smallest absolute Gasteiger partial charge is 0.0110 e. The molecule has 3 nitrogen and oxygen atoms in total. The Morgan fingerprint density at radius 2 is 1.76 bits per heavy atom. The van der Waals surface area contributed by atoms with Crippen LogP contribution < -0.4 is 5.32 Å². The Balaban J connectivity index is 1.95. The van der Waals surface area contributed by atoms with Crippen molar-refractivity contribution in [2.45, 2.75) is 45.1 Å². The van der Waals surface area contributed by atoms with Gasteiger partial charge in [-0.3, -0.25) is 4.90 Å². The molecule has 0 heterocycles. The van der Waals surface area contributed by atoms with Gasteiger partial charge in [0, 0.05) is 19.1 Å². The van der Waals surface area contributed by atoms with Crippen LogP contribution in [0.3, 0.4) is 0 Å². The Morgan fingerprint density at radius 3 is 2.35 bits per heavy atom. The molecule has 1 rings (SSSR count). The lowest BCUT2D eigenvalue weighted by atomic mass is 10.3. The fourth-order valence-corrected chi connectivity index (χ4v) is 2.15. The summed E-state index contributed by atoms with van der Waals surface area (Å²) in [6.45, 7) is 8.34. The molecule has 102 valence electrons. The van der Waals surface area contributed by atoms with Gasteiger partial charge < -0.3 is 10.2 Å². The summed E-state index contributed by atoms with van der Waals surface area (Å²) in [4.78, 5) is 4.93. The van der Waals surface area contributed by atoms with E-state index < -0.39 is 0 Å². The first kappa shape index (κ1) is 14.9. The van der Waals surface area contributed by atoms with E-state index in [1.807, 2.05) is 0 Å². The molecular weight excluding hydrogens is 210 g/mol. The molecule has 0 aliphatic heterocycles. The zero-order valence-corrected chi connectivity index (χ0v) is 12.0. The quantitative estimate of drug-likeness (QED) is 0.556. The first-order valence-electron chi connectivity index (χ1n) is 7.33. The highest BCUT2D eigenvalue weighted by Gasteiger charge is 2.27. The van der Waals surface area contributed by atoms with Crippen molar-refractivity contribution in [1.82, 2.24) is 15.1 Å². The minimum absolute atomic E-state index is 0.921. The van der Waals surface area contributed by atoms with Crippen LogP contribution in [0, 0.1) is 0 Å². The zero-order valence-electron chi connectivity index (χ0n) is 12.0. The average Bonchev–Trinajstić information content (AvgIpc) is 3.10. The number of nitrogens with zero attached hydrogens (tertiary/aromatic N) is 2. The summed E-state index contributed by atoms with van der Waals surface area (Å²) in [5, 5.41) is 3.56. The maximum atomic E-state index is 3.56. The van der Waals surface area contributed by atoms with Crippen LogP contribution >= 0.6 is 0 Å². The van der Waals surface area contributed by atoms with Crippen LogP contribution in [0.4, 0.5) is 0 Å². The van der Waals surface area contributed by atoms with Gasteiger partial charge >= 0.3 is 0 Å². The number of nitrogens with one attached hydrogen (secondary N) is 1. The van der Waals surface area contributed by atoms with Gasteiger partial charge in [-0.25, -0.2) is 0 Å². The Morgan fingerprint density at radius 1 is 1.00 bits per heavy atom. The van der Waals surface area contributed by atoms with Crippen LogP contribution in [0.25, 0.3) is 0 Å². The molecule has 17 heavy (non-hydrogen) atoms. The van der Waals surface area contributed by atoms with Crippen LogP contribution in [0.2, 0.25) is 0 Å². The van der Waals surface area contributed by atoms with E-state index in [0.29, 0.717) is 0 Å². The van der Waals surface area contributed by atoms with Gasteiger partial charge in [-0.1, -0.05) is 13.3 Å². The highest BCUT2D eigenvalue weighted by Crippen LogP contribution is 2.26. The van der Waals surface area contributed by atoms with E-state index in [1.165, 1.54) is 51.7 Å². The third kappa shape index (κ3) is 7.74. The van der Waals surface area contributed by atoms with Crippen LogP contribution in [-0.2, 0) is 0 Å².